The predicted octanol–water partition coefficient (Wildman–Crippen LogP) is 4.63. The van der Waals surface area contributed by atoms with Crippen molar-refractivity contribution in [2.24, 2.45) is 5.92 Å². The fourth-order valence-corrected chi connectivity index (χ4v) is 2.98. The summed E-state index contributed by atoms with van der Waals surface area (Å²) in [5.74, 6) is -0.722. The van der Waals surface area contributed by atoms with Crippen LogP contribution in [0, 0.1) is 5.92 Å². The summed E-state index contributed by atoms with van der Waals surface area (Å²) in [6.07, 6.45) is 0. The first kappa shape index (κ1) is 20.3. The van der Waals surface area contributed by atoms with Crippen LogP contribution in [0.25, 0.3) is 0 Å². The van der Waals surface area contributed by atoms with Gasteiger partial charge in [0.1, 0.15) is 6.04 Å². The molecular weight excluding hydrogens is 371 g/mol. The SMILES string of the molecule is CC(NC(=O)C(NC(=O)c1ccccc1Cl)C(C)C)c1cccc(Cl)c1. The predicted molar refractivity (Wildman–Crippen MR) is 106 cm³/mol. The molecule has 0 heterocycles. The van der Waals surface area contributed by atoms with E-state index < -0.39 is 6.04 Å². The minimum absolute atomic E-state index is 0.0898. The van der Waals surface area contributed by atoms with Gasteiger partial charge in [-0.25, -0.2) is 0 Å². The number of carbonyl (C=O) groups is 2. The third-order valence-electron chi connectivity index (χ3n) is 4.06. The Labute approximate surface area is 163 Å². The zero-order valence-electron chi connectivity index (χ0n) is 14.9. The average Bonchev–Trinajstić information content (AvgIpc) is 2.59. The van der Waals surface area contributed by atoms with Gasteiger partial charge in [-0.2, -0.15) is 0 Å². The Morgan fingerprint density at radius 1 is 0.923 bits per heavy atom. The molecule has 0 aliphatic carbocycles. The van der Waals surface area contributed by atoms with Gasteiger partial charge in [-0.1, -0.05) is 61.3 Å². The molecule has 4 nitrogen and oxygen atoms in total. The largest absolute Gasteiger partial charge is 0.348 e. The summed E-state index contributed by atoms with van der Waals surface area (Å²) in [5.41, 5.74) is 1.24. The van der Waals surface area contributed by atoms with Crippen molar-refractivity contribution >= 4 is 35.0 Å². The summed E-state index contributed by atoms with van der Waals surface area (Å²) in [7, 11) is 0. The molecule has 0 aromatic heterocycles. The highest BCUT2D eigenvalue weighted by molar-refractivity contribution is 6.33. The lowest BCUT2D eigenvalue weighted by molar-refractivity contribution is -0.124. The summed E-state index contributed by atoms with van der Waals surface area (Å²) in [5, 5.41) is 6.67. The number of amides is 2. The van der Waals surface area contributed by atoms with Crippen molar-refractivity contribution in [3.63, 3.8) is 0 Å². The average molecular weight is 393 g/mol. The topological polar surface area (TPSA) is 58.2 Å². The van der Waals surface area contributed by atoms with Gasteiger partial charge in [0.25, 0.3) is 5.91 Å². The smallest absolute Gasteiger partial charge is 0.253 e. The van der Waals surface area contributed by atoms with Crippen LogP contribution in [-0.4, -0.2) is 17.9 Å². The van der Waals surface area contributed by atoms with E-state index in [1.54, 1.807) is 36.4 Å². The quantitative estimate of drug-likeness (QED) is 0.752. The maximum atomic E-state index is 12.7. The first-order valence-electron chi connectivity index (χ1n) is 8.41. The van der Waals surface area contributed by atoms with Crippen molar-refractivity contribution < 1.29 is 9.59 Å². The van der Waals surface area contributed by atoms with Gasteiger partial charge in [0, 0.05) is 5.02 Å². The molecule has 0 aliphatic heterocycles. The first-order chi connectivity index (χ1) is 12.3. The number of benzene rings is 2. The van der Waals surface area contributed by atoms with E-state index >= 15 is 0 Å². The number of halogens is 2. The van der Waals surface area contributed by atoms with Crippen LogP contribution in [-0.2, 0) is 4.79 Å². The van der Waals surface area contributed by atoms with E-state index in [1.165, 1.54) is 0 Å². The minimum atomic E-state index is -0.680. The Bertz CT molecular complexity index is 793. The number of nitrogens with one attached hydrogen (secondary N) is 2. The summed E-state index contributed by atoms with van der Waals surface area (Å²) in [4.78, 5) is 25.2. The molecule has 2 unspecified atom stereocenters. The molecule has 2 atom stereocenters. The summed E-state index contributed by atoms with van der Waals surface area (Å²) < 4.78 is 0. The fraction of sp³-hybridized carbons (Fsp3) is 0.300. The molecule has 6 heteroatoms. The van der Waals surface area contributed by atoms with Crippen molar-refractivity contribution in [3.8, 4) is 0 Å². The van der Waals surface area contributed by atoms with Gasteiger partial charge in [-0.15, -0.1) is 0 Å². The minimum Gasteiger partial charge on any atom is -0.348 e. The van der Waals surface area contributed by atoms with Gasteiger partial charge >= 0.3 is 0 Å². The molecule has 2 N–H and O–H groups in total. The summed E-state index contributed by atoms with van der Waals surface area (Å²) >= 11 is 12.1. The number of rotatable bonds is 6. The first-order valence-corrected chi connectivity index (χ1v) is 9.16. The Morgan fingerprint density at radius 2 is 1.62 bits per heavy atom. The van der Waals surface area contributed by atoms with Crippen molar-refractivity contribution in [2.75, 3.05) is 0 Å². The molecule has 138 valence electrons. The van der Waals surface area contributed by atoms with Gasteiger partial charge in [0.05, 0.1) is 16.6 Å². The molecule has 0 bridgehead atoms. The van der Waals surface area contributed by atoms with Crippen LogP contribution in [0.3, 0.4) is 0 Å². The van der Waals surface area contributed by atoms with Crippen LogP contribution in [0.15, 0.2) is 48.5 Å². The molecular formula is C20H22Cl2N2O2. The standard InChI is InChI=1S/C20H22Cl2N2O2/c1-12(2)18(24-19(25)16-9-4-5-10-17(16)22)20(26)23-13(3)14-7-6-8-15(21)11-14/h4-13,18H,1-3H3,(H,23,26)(H,24,25). The van der Waals surface area contributed by atoms with E-state index in [1.807, 2.05) is 32.9 Å². The lowest BCUT2D eigenvalue weighted by atomic mass is 10.0. The molecule has 0 saturated carbocycles. The van der Waals surface area contributed by atoms with Crippen LogP contribution >= 0.6 is 23.2 Å². The second-order valence-electron chi connectivity index (χ2n) is 6.46. The number of hydrogen-bond acceptors (Lipinski definition) is 2. The van der Waals surface area contributed by atoms with E-state index in [-0.39, 0.29) is 23.8 Å². The Balaban J connectivity index is 2.10. The second-order valence-corrected chi connectivity index (χ2v) is 7.30. The second kappa shape index (κ2) is 9.06. The van der Waals surface area contributed by atoms with Crippen molar-refractivity contribution in [1.82, 2.24) is 10.6 Å². The highest BCUT2D eigenvalue weighted by Crippen LogP contribution is 2.19. The molecule has 0 radical (unpaired) electrons. The molecule has 2 amide bonds. The van der Waals surface area contributed by atoms with E-state index in [0.29, 0.717) is 15.6 Å². The normalized spacial score (nSPS) is 13.2. The van der Waals surface area contributed by atoms with Crippen LogP contribution in [0.5, 0.6) is 0 Å². The third-order valence-corrected chi connectivity index (χ3v) is 4.63. The Kier molecular flexibility index (Phi) is 7.06. The van der Waals surface area contributed by atoms with Crippen LogP contribution in [0.4, 0.5) is 0 Å². The zero-order chi connectivity index (χ0) is 19.3. The van der Waals surface area contributed by atoms with Gasteiger partial charge in [-0.3, -0.25) is 9.59 Å². The Morgan fingerprint density at radius 3 is 2.23 bits per heavy atom. The number of carbonyl (C=O) groups excluding carboxylic acids is 2. The molecule has 2 aromatic carbocycles. The van der Waals surface area contributed by atoms with Crippen LogP contribution in [0.1, 0.15) is 42.7 Å². The van der Waals surface area contributed by atoms with Crippen LogP contribution < -0.4 is 10.6 Å². The molecule has 0 spiro atoms. The third kappa shape index (κ3) is 5.23. The summed E-state index contributed by atoms with van der Waals surface area (Å²) in [6, 6.07) is 13.1. The fourth-order valence-electron chi connectivity index (χ4n) is 2.56. The van der Waals surface area contributed by atoms with Crippen molar-refractivity contribution in [1.29, 1.82) is 0 Å². The summed E-state index contributed by atoms with van der Waals surface area (Å²) in [6.45, 7) is 5.62. The molecule has 26 heavy (non-hydrogen) atoms. The van der Waals surface area contributed by atoms with Gasteiger partial charge in [0.15, 0.2) is 0 Å². The lowest BCUT2D eigenvalue weighted by Crippen LogP contribution is -2.50. The van der Waals surface area contributed by atoms with E-state index in [4.69, 9.17) is 23.2 Å². The van der Waals surface area contributed by atoms with Crippen molar-refractivity contribution in [2.45, 2.75) is 32.9 Å². The van der Waals surface area contributed by atoms with Gasteiger partial charge < -0.3 is 10.6 Å². The van der Waals surface area contributed by atoms with E-state index in [0.717, 1.165) is 5.56 Å². The van der Waals surface area contributed by atoms with Gasteiger partial charge in [0.2, 0.25) is 5.91 Å². The molecule has 0 saturated heterocycles. The van der Waals surface area contributed by atoms with E-state index in [9.17, 15) is 9.59 Å². The Hall–Kier alpha value is -2.04. The van der Waals surface area contributed by atoms with Gasteiger partial charge in [-0.05, 0) is 42.7 Å². The molecule has 0 fully saturated rings. The molecule has 0 aliphatic rings. The maximum Gasteiger partial charge on any atom is 0.253 e. The maximum absolute atomic E-state index is 12.7. The number of hydrogen-bond donors (Lipinski definition) is 2. The lowest BCUT2D eigenvalue weighted by Gasteiger charge is -2.24. The van der Waals surface area contributed by atoms with E-state index in [2.05, 4.69) is 10.6 Å². The zero-order valence-corrected chi connectivity index (χ0v) is 16.4. The van der Waals surface area contributed by atoms with Crippen LogP contribution in [0.2, 0.25) is 10.0 Å². The monoisotopic (exact) mass is 392 g/mol. The highest BCUT2D eigenvalue weighted by atomic mass is 35.5. The molecule has 2 aromatic rings. The molecule has 2 rings (SSSR count). The highest BCUT2D eigenvalue weighted by Gasteiger charge is 2.26. The van der Waals surface area contributed by atoms with Crippen molar-refractivity contribution in [3.05, 3.63) is 69.7 Å².